The maximum absolute atomic E-state index is 13.0. The molecule has 0 radical (unpaired) electrons. The van der Waals surface area contributed by atoms with Crippen molar-refractivity contribution in [1.82, 2.24) is 9.55 Å². The highest BCUT2D eigenvalue weighted by molar-refractivity contribution is 7.92. The van der Waals surface area contributed by atoms with E-state index in [1.165, 1.54) is 17.8 Å². The molecule has 0 spiro atoms. The standard InChI is InChI=1S/C23H26N2O6S/c1-5-31-22(27)23(2,32(4,28)29)12-13-25-15-24-20-14-17(8-11-19(20)21(25)26)16-6-9-18(30-3)10-7-16/h6-11,14-15H,5,12-13H2,1-4H3/t23-/m1/s1. The lowest BCUT2D eigenvalue weighted by atomic mass is 10.0. The molecule has 0 unspecified atom stereocenters. The minimum absolute atomic E-state index is 0.00435. The molecular formula is C23H26N2O6S. The van der Waals surface area contributed by atoms with Crippen molar-refractivity contribution in [3.8, 4) is 16.9 Å². The highest BCUT2D eigenvalue weighted by Gasteiger charge is 2.44. The van der Waals surface area contributed by atoms with Crippen LogP contribution in [-0.4, -0.2) is 48.7 Å². The molecular weight excluding hydrogens is 432 g/mol. The van der Waals surface area contributed by atoms with Crippen molar-refractivity contribution < 1.29 is 22.7 Å². The van der Waals surface area contributed by atoms with Gasteiger partial charge in [-0.1, -0.05) is 18.2 Å². The predicted molar refractivity (Wildman–Crippen MR) is 122 cm³/mol. The number of hydrogen-bond acceptors (Lipinski definition) is 7. The van der Waals surface area contributed by atoms with Gasteiger partial charge in [0.05, 0.1) is 30.9 Å². The molecule has 2 aromatic carbocycles. The number of benzene rings is 2. The fourth-order valence-electron chi connectivity index (χ4n) is 3.34. The van der Waals surface area contributed by atoms with Crippen molar-refractivity contribution in [3.63, 3.8) is 0 Å². The van der Waals surface area contributed by atoms with Crippen molar-refractivity contribution in [3.05, 3.63) is 59.1 Å². The molecule has 0 aliphatic carbocycles. The molecule has 1 atom stereocenters. The third kappa shape index (κ3) is 4.52. The fraction of sp³-hybridized carbons (Fsp3) is 0.348. The Kier molecular flexibility index (Phi) is 6.68. The van der Waals surface area contributed by atoms with E-state index in [0.717, 1.165) is 23.1 Å². The number of fused-ring (bicyclic) bond motifs is 1. The molecule has 3 rings (SSSR count). The number of methoxy groups -OCH3 is 1. The SMILES string of the molecule is CCOC(=O)[C@@](C)(CCn1cnc2cc(-c3ccc(OC)cc3)ccc2c1=O)S(C)(=O)=O. The van der Waals surface area contributed by atoms with Crippen LogP contribution in [-0.2, 0) is 25.9 Å². The number of rotatable bonds is 8. The molecule has 0 N–H and O–H groups in total. The van der Waals surface area contributed by atoms with Gasteiger partial charge in [0.1, 0.15) is 5.75 Å². The molecule has 0 aliphatic rings. The van der Waals surface area contributed by atoms with Crippen molar-refractivity contribution in [1.29, 1.82) is 0 Å². The van der Waals surface area contributed by atoms with E-state index in [2.05, 4.69) is 4.98 Å². The van der Waals surface area contributed by atoms with Gasteiger partial charge in [0.15, 0.2) is 14.6 Å². The summed E-state index contributed by atoms with van der Waals surface area (Å²) < 4.78 is 34.3. The quantitative estimate of drug-likeness (QED) is 0.478. The zero-order valence-electron chi connectivity index (χ0n) is 18.5. The largest absolute Gasteiger partial charge is 0.497 e. The van der Waals surface area contributed by atoms with Crippen molar-refractivity contribution in [2.75, 3.05) is 20.0 Å². The van der Waals surface area contributed by atoms with Gasteiger partial charge in [-0.2, -0.15) is 0 Å². The van der Waals surface area contributed by atoms with Crippen molar-refractivity contribution in [2.24, 2.45) is 0 Å². The van der Waals surface area contributed by atoms with Gasteiger partial charge in [0.2, 0.25) is 0 Å². The molecule has 32 heavy (non-hydrogen) atoms. The van der Waals surface area contributed by atoms with Crippen LogP contribution in [0, 0.1) is 0 Å². The maximum Gasteiger partial charge on any atom is 0.327 e. The van der Waals surface area contributed by atoms with Crippen LogP contribution < -0.4 is 10.3 Å². The Morgan fingerprint density at radius 1 is 1.12 bits per heavy atom. The summed E-state index contributed by atoms with van der Waals surface area (Å²) in [6, 6.07) is 12.9. The topological polar surface area (TPSA) is 105 Å². The lowest BCUT2D eigenvalue weighted by molar-refractivity contribution is -0.146. The van der Waals surface area contributed by atoms with Gasteiger partial charge in [0.25, 0.3) is 5.56 Å². The second kappa shape index (κ2) is 9.12. The Balaban J connectivity index is 1.91. The Morgan fingerprint density at radius 3 is 2.38 bits per heavy atom. The van der Waals surface area contributed by atoms with Crippen LogP contribution in [0.5, 0.6) is 5.75 Å². The first kappa shape index (κ1) is 23.5. The zero-order chi connectivity index (χ0) is 23.5. The van der Waals surface area contributed by atoms with Gasteiger partial charge in [-0.3, -0.25) is 14.2 Å². The Morgan fingerprint density at radius 2 is 1.78 bits per heavy atom. The second-order valence-corrected chi connectivity index (χ2v) is 10.1. The van der Waals surface area contributed by atoms with Crippen molar-refractivity contribution >= 4 is 26.7 Å². The van der Waals surface area contributed by atoms with Gasteiger partial charge in [-0.15, -0.1) is 0 Å². The van der Waals surface area contributed by atoms with Gasteiger partial charge < -0.3 is 9.47 Å². The van der Waals surface area contributed by atoms with Crippen LogP contribution in [0.25, 0.3) is 22.0 Å². The lowest BCUT2D eigenvalue weighted by Gasteiger charge is -2.25. The summed E-state index contributed by atoms with van der Waals surface area (Å²) in [4.78, 5) is 29.7. The van der Waals surface area contributed by atoms with Gasteiger partial charge in [-0.25, -0.2) is 13.4 Å². The van der Waals surface area contributed by atoms with E-state index in [-0.39, 0.29) is 25.1 Å². The van der Waals surface area contributed by atoms with Crippen LogP contribution in [0.2, 0.25) is 0 Å². The maximum atomic E-state index is 13.0. The molecule has 1 heterocycles. The fourth-order valence-corrected chi connectivity index (χ4v) is 4.16. The minimum atomic E-state index is -3.77. The van der Waals surface area contributed by atoms with Crippen LogP contribution >= 0.6 is 0 Å². The average Bonchev–Trinajstić information content (AvgIpc) is 2.77. The van der Waals surface area contributed by atoms with Crippen LogP contribution in [0.15, 0.2) is 53.6 Å². The first-order chi connectivity index (χ1) is 15.1. The summed E-state index contributed by atoms with van der Waals surface area (Å²) in [5, 5.41) is 0.405. The molecule has 0 saturated carbocycles. The molecule has 8 nitrogen and oxygen atoms in total. The molecule has 9 heteroatoms. The molecule has 170 valence electrons. The first-order valence-corrected chi connectivity index (χ1v) is 12.0. The highest BCUT2D eigenvalue weighted by Crippen LogP contribution is 2.26. The van der Waals surface area contributed by atoms with Crippen molar-refractivity contribution in [2.45, 2.75) is 31.6 Å². The molecule has 0 amide bonds. The van der Waals surface area contributed by atoms with Crippen LogP contribution in [0.3, 0.4) is 0 Å². The van der Waals surface area contributed by atoms with E-state index in [0.29, 0.717) is 10.9 Å². The normalized spacial score (nSPS) is 13.5. The van der Waals surface area contributed by atoms with E-state index >= 15 is 0 Å². The summed E-state index contributed by atoms with van der Waals surface area (Å²) >= 11 is 0. The minimum Gasteiger partial charge on any atom is -0.497 e. The summed E-state index contributed by atoms with van der Waals surface area (Å²) in [5.74, 6) is -0.0760. The number of carbonyl (C=O) groups is 1. The Hall–Kier alpha value is -3.20. The number of hydrogen-bond donors (Lipinski definition) is 0. The second-order valence-electron chi connectivity index (χ2n) is 7.68. The number of nitrogens with zero attached hydrogens (tertiary/aromatic N) is 2. The lowest BCUT2D eigenvalue weighted by Crippen LogP contribution is -2.45. The van der Waals surface area contributed by atoms with Gasteiger partial charge in [0, 0.05) is 12.8 Å². The summed E-state index contributed by atoms with van der Waals surface area (Å²) in [6.07, 6.45) is 2.25. The van der Waals surface area contributed by atoms with E-state index in [9.17, 15) is 18.0 Å². The highest BCUT2D eigenvalue weighted by atomic mass is 32.2. The number of aromatic nitrogens is 2. The average molecular weight is 459 g/mol. The zero-order valence-corrected chi connectivity index (χ0v) is 19.3. The van der Waals surface area contributed by atoms with E-state index in [1.807, 2.05) is 36.4 Å². The monoisotopic (exact) mass is 458 g/mol. The Labute approximate surface area is 186 Å². The first-order valence-electron chi connectivity index (χ1n) is 10.1. The predicted octanol–water partition coefficient (Wildman–Crippen LogP) is 2.83. The Bertz CT molecular complexity index is 1300. The molecule has 3 aromatic rings. The smallest absolute Gasteiger partial charge is 0.327 e. The van der Waals surface area contributed by atoms with E-state index < -0.39 is 20.6 Å². The van der Waals surface area contributed by atoms with Gasteiger partial charge >= 0.3 is 5.97 Å². The number of ether oxygens (including phenoxy) is 2. The number of esters is 1. The summed E-state index contributed by atoms with van der Waals surface area (Å²) in [6.45, 7) is 3.00. The van der Waals surface area contributed by atoms with E-state index in [4.69, 9.17) is 9.47 Å². The summed E-state index contributed by atoms with van der Waals surface area (Å²) in [5.41, 5.74) is 2.07. The number of aryl methyl sites for hydroxylation is 1. The summed E-state index contributed by atoms with van der Waals surface area (Å²) in [7, 11) is -2.17. The van der Waals surface area contributed by atoms with Crippen LogP contribution in [0.1, 0.15) is 20.3 Å². The third-order valence-corrected chi connectivity index (χ3v) is 7.61. The third-order valence-electron chi connectivity index (χ3n) is 5.60. The molecule has 0 bridgehead atoms. The number of sulfone groups is 1. The molecule has 0 fully saturated rings. The molecule has 0 aliphatic heterocycles. The van der Waals surface area contributed by atoms with E-state index in [1.54, 1.807) is 20.1 Å². The molecule has 1 aromatic heterocycles. The number of carbonyl (C=O) groups excluding carboxylic acids is 1. The van der Waals surface area contributed by atoms with Crippen LogP contribution in [0.4, 0.5) is 0 Å². The molecule has 0 saturated heterocycles. The van der Waals surface area contributed by atoms with Gasteiger partial charge in [-0.05, 0) is 55.7 Å².